The Bertz CT molecular complexity index is 584. The molecule has 0 aliphatic rings. The van der Waals surface area contributed by atoms with Gasteiger partial charge in [0.1, 0.15) is 0 Å². The first-order valence-electron chi connectivity index (χ1n) is 5.93. The van der Waals surface area contributed by atoms with Gasteiger partial charge >= 0.3 is 0 Å². The maximum Gasteiger partial charge on any atom is 0.243 e. The van der Waals surface area contributed by atoms with E-state index in [2.05, 4.69) is 9.97 Å². The van der Waals surface area contributed by atoms with Crippen molar-refractivity contribution < 1.29 is 9.53 Å². The summed E-state index contributed by atoms with van der Waals surface area (Å²) in [7, 11) is 1.47. The highest BCUT2D eigenvalue weighted by atomic mass is 16.5. The number of nitrogen functional groups attached to an aromatic ring is 1. The molecule has 0 radical (unpaired) electrons. The Kier molecular flexibility index (Phi) is 4.07. The lowest BCUT2D eigenvalue weighted by molar-refractivity contribution is 0.0974. The standard InChI is InChI=1S/C14H15N3O2/c1-19-14-13(16-7-8-17-14)12(18)6-5-10-3-2-4-11(15)9-10/h2-4,7-9H,5-6,15H2,1H3. The molecule has 0 unspecified atom stereocenters. The number of aryl methyl sites for hydroxylation is 1. The molecule has 2 aromatic rings. The molecule has 0 amide bonds. The van der Waals surface area contributed by atoms with Crippen LogP contribution in [0.3, 0.4) is 0 Å². The Morgan fingerprint density at radius 3 is 2.84 bits per heavy atom. The summed E-state index contributed by atoms with van der Waals surface area (Å²) in [5.41, 5.74) is 7.69. The Balaban J connectivity index is 2.05. The van der Waals surface area contributed by atoms with E-state index in [1.165, 1.54) is 19.5 Å². The number of benzene rings is 1. The second-order valence-electron chi connectivity index (χ2n) is 4.08. The van der Waals surface area contributed by atoms with Gasteiger partial charge in [0.25, 0.3) is 0 Å². The minimum absolute atomic E-state index is 0.0904. The van der Waals surface area contributed by atoms with Crippen LogP contribution in [0.4, 0.5) is 5.69 Å². The fourth-order valence-electron chi connectivity index (χ4n) is 1.79. The molecule has 5 heteroatoms. The molecule has 1 aromatic carbocycles. The Morgan fingerprint density at radius 2 is 2.11 bits per heavy atom. The molecule has 0 aliphatic heterocycles. The maximum atomic E-state index is 12.1. The van der Waals surface area contributed by atoms with Crippen LogP contribution in [0.5, 0.6) is 5.88 Å². The highest BCUT2D eigenvalue weighted by Gasteiger charge is 2.14. The van der Waals surface area contributed by atoms with E-state index in [-0.39, 0.29) is 17.4 Å². The number of Topliss-reactive ketones (excluding diaryl/α,β-unsaturated/α-hetero) is 1. The van der Waals surface area contributed by atoms with Crippen LogP contribution in [0.2, 0.25) is 0 Å². The van der Waals surface area contributed by atoms with E-state index in [0.29, 0.717) is 18.5 Å². The Morgan fingerprint density at radius 1 is 1.32 bits per heavy atom. The summed E-state index contributed by atoms with van der Waals surface area (Å²) in [4.78, 5) is 20.0. The Labute approximate surface area is 111 Å². The van der Waals surface area contributed by atoms with Crippen LogP contribution in [-0.4, -0.2) is 22.9 Å². The third-order valence-corrected chi connectivity index (χ3v) is 2.71. The van der Waals surface area contributed by atoms with Crippen molar-refractivity contribution in [1.82, 2.24) is 9.97 Å². The van der Waals surface area contributed by atoms with Crippen LogP contribution in [-0.2, 0) is 6.42 Å². The van der Waals surface area contributed by atoms with Crippen molar-refractivity contribution in [2.45, 2.75) is 12.8 Å². The molecule has 2 rings (SSSR count). The molecule has 98 valence electrons. The first-order valence-corrected chi connectivity index (χ1v) is 5.93. The summed E-state index contributed by atoms with van der Waals surface area (Å²) in [6, 6.07) is 7.49. The lowest BCUT2D eigenvalue weighted by Gasteiger charge is -2.05. The number of hydrogen-bond acceptors (Lipinski definition) is 5. The highest BCUT2D eigenvalue weighted by molar-refractivity contribution is 5.96. The van der Waals surface area contributed by atoms with Gasteiger partial charge in [0.15, 0.2) is 11.5 Å². The number of aromatic nitrogens is 2. The summed E-state index contributed by atoms with van der Waals surface area (Å²) in [6.07, 6.45) is 3.94. The second kappa shape index (κ2) is 5.95. The molecule has 0 saturated heterocycles. The molecule has 0 saturated carbocycles. The predicted octanol–water partition coefficient (Wildman–Crippen LogP) is 1.88. The van der Waals surface area contributed by atoms with E-state index in [0.717, 1.165) is 5.56 Å². The molecule has 1 aromatic heterocycles. The lowest BCUT2D eigenvalue weighted by Crippen LogP contribution is -2.07. The number of carbonyl (C=O) groups is 1. The minimum Gasteiger partial charge on any atom is -0.479 e. The number of hydrogen-bond donors (Lipinski definition) is 1. The number of anilines is 1. The normalized spacial score (nSPS) is 10.2. The number of rotatable bonds is 5. The van der Waals surface area contributed by atoms with Gasteiger partial charge in [-0.1, -0.05) is 12.1 Å². The zero-order chi connectivity index (χ0) is 13.7. The van der Waals surface area contributed by atoms with Gasteiger partial charge < -0.3 is 10.5 Å². The summed E-state index contributed by atoms with van der Waals surface area (Å²) in [6.45, 7) is 0. The second-order valence-corrected chi connectivity index (χ2v) is 4.08. The molecule has 0 atom stereocenters. The summed E-state index contributed by atoms with van der Waals surface area (Å²) < 4.78 is 5.02. The quantitative estimate of drug-likeness (QED) is 0.653. The van der Waals surface area contributed by atoms with Gasteiger partial charge in [-0.15, -0.1) is 0 Å². The highest BCUT2D eigenvalue weighted by Crippen LogP contribution is 2.15. The van der Waals surface area contributed by atoms with Crippen LogP contribution in [0.15, 0.2) is 36.7 Å². The fraction of sp³-hybridized carbons (Fsp3) is 0.214. The topological polar surface area (TPSA) is 78.1 Å². The molecule has 2 N–H and O–H groups in total. The zero-order valence-electron chi connectivity index (χ0n) is 10.7. The lowest BCUT2D eigenvalue weighted by atomic mass is 10.1. The van der Waals surface area contributed by atoms with Gasteiger partial charge in [0, 0.05) is 24.5 Å². The summed E-state index contributed by atoms with van der Waals surface area (Å²) >= 11 is 0. The SMILES string of the molecule is COc1nccnc1C(=O)CCc1cccc(N)c1. The van der Waals surface area contributed by atoms with Crippen molar-refractivity contribution in [2.75, 3.05) is 12.8 Å². The van der Waals surface area contributed by atoms with Gasteiger partial charge in [-0.25, -0.2) is 9.97 Å². The molecule has 0 spiro atoms. The molecule has 0 bridgehead atoms. The van der Waals surface area contributed by atoms with Crippen molar-refractivity contribution in [3.05, 3.63) is 47.9 Å². The van der Waals surface area contributed by atoms with Crippen molar-refractivity contribution in [3.63, 3.8) is 0 Å². The molecule has 0 aliphatic carbocycles. The molecule has 19 heavy (non-hydrogen) atoms. The predicted molar refractivity (Wildman–Crippen MR) is 72.1 cm³/mol. The van der Waals surface area contributed by atoms with E-state index in [9.17, 15) is 4.79 Å². The van der Waals surface area contributed by atoms with Gasteiger partial charge in [-0.3, -0.25) is 4.79 Å². The third kappa shape index (κ3) is 3.28. The maximum absolute atomic E-state index is 12.1. The van der Waals surface area contributed by atoms with Gasteiger partial charge in [0.2, 0.25) is 5.88 Å². The van der Waals surface area contributed by atoms with Crippen LogP contribution >= 0.6 is 0 Å². The average Bonchev–Trinajstić information content (AvgIpc) is 2.45. The van der Waals surface area contributed by atoms with E-state index < -0.39 is 0 Å². The van der Waals surface area contributed by atoms with E-state index in [4.69, 9.17) is 10.5 Å². The monoisotopic (exact) mass is 257 g/mol. The molecule has 5 nitrogen and oxygen atoms in total. The third-order valence-electron chi connectivity index (χ3n) is 2.71. The van der Waals surface area contributed by atoms with Gasteiger partial charge in [-0.2, -0.15) is 0 Å². The van der Waals surface area contributed by atoms with Gasteiger partial charge in [0.05, 0.1) is 7.11 Å². The van der Waals surface area contributed by atoms with Crippen molar-refractivity contribution >= 4 is 11.5 Å². The average molecular weight is 257 g/mol. The summed E-state index contributed by atoms with van der Waals surface area (Å²) in [5, 5.41) is 0. The van der Waals surface area contributed by atoms with Crippen molar-refractivity contribution in [3.8, 4) is 5.88 Å². The van der Waals surface area contributed by atoms with E-state index in [1.807, 2.05) is 24.3 Å². The van der Waals surface area contributed by atoms with Crippen LogP contribution < -0.4 is 10.5 Å². The van der Waals surface area contributed by atoms with Crippen LogP contribution in [0.25, 0.3) is 0 Å². The van der Waals surface area contributed by atoms with E-state index >= 15 is 0 Å². The molecular formula is C14H15N3O2. The molecule has 0 fully saturated rings. The molecule has 1 heterocycles. The number of ketones is 1. The van der Waals surface area contributed by atoms with Crippen molar-refractivity contribution in [1.29, 1.82) is 0 Å². The first kappa shape index (κ1) is 13.0. The summed E-state index contributed by atoms with van der Waals surface area (Å²) in [5.74, 6) is 0.174. The van der Waals surface area contributed by atoms with Crippen LogP contribution in [0.1, 0.15) is 22.5 Å². The van der Waals surface area contributed by atoms with Crippen LogP contribution in [0, 0.1) is 0 Å². The Hall–Kier alpha value is -2.43. The number of methoxy groups -OCH3 is 1. The van der Waals surface area contributed by atoms with E-state index in [1.54, 1.807) is 0 Å². The molecular weight excluding hydrogens is 242 g/mol. The smallest absolute Gasteiger partial charge is 0.243 e. The van der Waals surface area contributed by atoms with Crippen molar-refractivity contribution in [2.24, 2.45) is 0 Å². The number of nitrogens with two attached hydrogens (primary N) is 1. The number of ether oxygens (including phenoxy) is 1. The fourth-order valence-corrected chi connectivity index (χ4v) is 1.79. The van der Waals surface area contributed by atoms with Gasteiger partial charge in [-0.05, 0) is 24.1 Å². The largest absolute Gasteiger partial charge is 0.479 e. The zero-order valence-corrected chi connectivity index (χ0v) is 10.7. The number of carbonyl (C=O) groups excluding carboxylic acids is 1. The minimum atomic E-state index is -0.0904. The number of nitrogens with zero attached hydrogens (tertiary/aromatic N) is 2. The first-order chi connectivity index (χ1) is 9.20.